The fourth-order valence-corrected chi connectivity index (χ4v) is 1.77. The number of pyridine rings is 1. The van der Waals surface area contributed by atoms with E-state index in [1.165, 1.54) is 0 Å². The average molecular weight is 297 g/mol. The van der Waals surface area contributed by atoms with E-state index in [1.807, 2.05) is 0 Å². The van der Waals surface area contributed by atoms with Crippen LogP contribution in [0.1, 0.15) is 23.7 Å². The number of methoxy groups -OCH3 is 1. The maximum atomic E-state index is 12.8. The van der Waals surface area contributed by atoms with Crippen molar-refractivity contribution in [1.82, 2.24) is 4.98 Å². The summed E-state index contributed by atoms with van der Waals surface area (Å²) in [6, 6.07) is 0.720. The number of nitrogens with zero attached hydrogens (tertiary/aromatic N) is 1. The van der Waals surface area contributed by atoms with Crippen molar-refractivity contribution in [3.05, 3.63) is 23.4 Å². The van der Waals surface area contributed by atoms with Crippen molar-refractivity contribution in [2.75, 3.05) is 12.9 Å². The highest BCUT2D eigenvalue weighted by atomic mass is 32.1. The van der Waals surface area contributed by atoms with Crippen LogP contribution in [0.2, 0.25) is 0 Å². The summed E-state index contributed by atoms with van der Waals surface area (Å²) in [5.41, 5.74) is -1.22. The van der Waals surface area contributed by atoms with Crippen molar-refractivity contribution in [3.63, 3.8) is 0 Å². The minimum atomic E-state index is -4.65. The molecular formula is C11H14F3NO3S. The summed E-state index contributed by atoms with van der Waals surface area (Å²) in [7, 11) is 1.07. The van der Waals surface area contributed by atoms with Gasteiger partial charge in [-0.3, -0.25) is 0 Å². The molecule has 0 spiro atoms. The van der Waals surface area contributed by atoms with Crippen LogP contribution >= 0.6 is 12.6 Å². The van der Waals surface area contributed by atoms with Crippen LogP contribution in [0.5, 0.6) is 5.88 Å². The zero-order valence-electron chi connectivity index (χ0n) is 10.1. The molecule has 4 nitrogen and oxygen atoms in total. The second kappa shape index (κ2) is 6.44. The smallest absolute Gasteiger partial charge is 0.421 e. The summed E-state index contributed by atoms with van der Waals surface area (Å²) in [5.74, 6) is -0.277. The molecule has 1 aromatic rings. The average Bonchev–Trinajstić information content (AvgIpc) is 2.36. The predicted octanol–water partition coefficient (Wildman–Crippen LogP) is 1.82. The standard InChI is InChI=1S/C11H14F3NO3S/c1-18-10-7(11(12,13)14)4-6(5-15-10)9(17)8(16)2-3-19/h4-5,8-9,16-17,19H,2-3H2,1H3. The zero-order chi connectivity index (χ0) is 14.6. The Balaban J connectivity index is 3.11. The van der Waals surface area contributed by atoms with E-state index in [9.17, 15) is 23.4 Å². The van der Waals surface area contributed by atoms with Crippen LogP contribution in [-0.4, -0.2) is 34.2 Å². The first-order valence-corrected chi connectivity index (χ1v) is 6.02. The number of hydrogen-bond donors (Lipinski definition) is 3. The van der Waals surface area contributed by atoms with Gasteiger partial charge in [-0.1, -0.05) is 0 Å². The molecule has 1 rings (SSSR count). The van der Waals surface area contributed by atoms with E-state index >= 15 is 0 Å². The van der Waals surface area contributed by atoms with Gasteiger partial charge >= 0.3 is 6.18 Å². The van der Waals surface area contributed by atoms with Crippen molar-refractivity contribution in [2.24, 2.45) is 0 Å². The first kappa shape index (κ1) is 16.1. The number of hydrogen-bond acceptors (Lipinski definition) is 5. The van der Waals surface area contributed by atoms with Gasteiger partial charge in [0, 0.05) is 11.8 Å². The number of ether oxygens (including phenoxy) is 1. The molecule has 1 heterocycles. The molecule has 0 amide bonds. The van der Waals surface area contributed by atoms with Gasteiger partial charge in [0.2, 0.25) is 5.88 Å². The lowest BCUT2D eigenvalue weighted by Gasteiger charge is -2.19. The number of aliphatic hydroxyl groups is 2. The van der Waals surface area contributed by atoms with Crippen LogP contribution < -0.4 is 4.74 Å². The number of halogens is 3. The highest BCUT2D eigenvalue weighted by Gasteiger charge is 2.36. The van der Waals surface area contributed by atoms with E-state index in [2.05, 4.69) is 22.3 Å². The van der Waals surface area contributed by atoms with Gasteiger partial charge in [0.15, 0.2) is 0 Å². The Morgan fingerprint density at radius 1 is 1.42 bits per heavy atom. The predicted molar refractivity (Wildman–Crippen MR) is 65.2 cm³/mol. The third-order valence-electron chi connectivity index (χ3n) is 2.50. The van der Waals surface area contributed by atoms with E-state index in [1.54, 1.807) is 0 Å². The minimum Gasteiger partial charge on any atom is -0.481 e. The van der Waals surface area contributed by atoms with Crippen molar-refractivity contribution < 1.29 is 28.1 Å². The molecule has 0 fully saturated rings. The molecule has 0 aliphatic heterocycles. The number of rotatable bonds is 5. The van der Waals surface area contributed by atoms with Crippen molar-refractivity contribution in [3.8, 4) is 5.88 Å². The Bertz CT molecular complexity index is 428. The van der Waals surface area contributed by atoms with E-state index in [0.717, 1.165) is 19.4 Å². The fraction of sp³-hybridized carbons (Fsp3) is 0.545. The van der Waals surface area contributed by atoms with E-state index < -0.39 is 29.8 Å². The van der Waals surface area contributed by atoms with Gasteiger partial charge < -0.3 is 14.9 Å². The Morgan fingerprint density at radius 3 is 2.53 bits per heavy atom. The largest absolute Gasteiger partial charge is 0.481 e. The van der Waals surface area contributed by atoms with Crippen LogP contribution in [0.15, 0.2) is 12.3 Å². The van der Waals surface area contributed by atoms with Crippen LogP contribution in [0.4, 0.5) is 13.2 Å². The van der Waals surface area contributed by atoms with Crippen LogP contribution in [-0.2, 0) is 6.18 Å². The molecule has 19 heavy (non-hydrogen) atoms. The number of thiol groups is 1. The van der Waals surface area contributed by atoms with Crippen LogP contribution in [0, 0.1) is 0 Å². The third-order valence-corrected chi connectivity index (χ3v) is 2.76. The van der Waals surface area contributed by atoms with Gasteiger partial charge in [0.25, 0.3) is 0 Å². The Hall–Kier alpha value is -0.990. The Morgan fingerprint density at radius 2 is 2.05 bits per heavy atom. The van der Waals surface area contributed by atoms with Crippen molar-refractivity contribution >= 4 is 12.6 Å². The molecule has 0 aliphatic carbocycles. The molecule has 1 aromatic heterocycles. The lowest BCUT2D eigenvalue weighted by molar-refractivity contribution is -0.139. The van der Waals surface area contributed by atoms with Crippen LogP contribution in [0.3, 0.4) is 0 Å². The third kappa shape index (κ3) is 3.99. The zero-order valence-corrected chi connectivity index (χ0v) is 10.9. The topological polar surface area (TPSA) is 62.6 Å². The molecule has 0 saturated heterocycles. The summed E-state index contributed by atoms with van der Waals surface area (Å²) >= 11 is 3.88. The molecule has 8 heteroatoms. The SMILES string of the molecule is COc1ncc(C(O)C(O)CCS)cc1C(F)(F)F. The van der Waals surface area contributed by atoms with E-state index in [4.69, 9.17) is 0 Å². The molecule has 0 bridgehead atoms. The molecular weight excluding hydrogens is 283 g/mol. The molecule has 2 unspecified atom stereocenters. The molecule has 0 radical (unpaired) electrons. The van der Waals surface area contributed by atoms with Gasteiger partial charge in [-0.05, 0) is 18.2 Å². The molecule has 2 atom stereocenters. The number of aromatic nitrogens is 1. The first-order valence-electron chi connectivity index (χ1n) is 5.39. The van der Waals surface area contributed by atoms with Gasteiger partial charge in [-0.25, -0.2) is 4.98 Å². The number of aliphatic hydroxyl groups excluding tert-OH is 2. The monoisotopic (exact) mass is 297 g/mol. The first-order chi connectivity index (χ1) is 8.81. The van der Waals surface area contributed by atoms with Gasteiger partial charge in [0.05, 0.1) is 13.2 Å². The molecule has 0 aliphatic rings. The highest BCUT2D eigenvalue weighted by Crippen LogP contribution is 2.36. The summed E-state index contributed by atoms with van der Waals surface area (Å²) in [5, 5.41) is 19.3. The second-order valence-electron chi connectivity index (χ2n) is 3.85. The molecule has 108 valence electrons. The van der Waals surface area contributed by atoms with Crippen LogP contribution in [0.25, 0.3) is 0 Å². The second-order valence-corrected chi connectivity index (χ2v) is 4.29. The maximum absolute atomic E-state index is 12.8. The Kier molecular flexibility index (Phi) is 5.45. The van der Waals surface area contributed by atoms with E-state index in [-0.39, 0.29) is 12.0 Å². The lowest BCUT2D eigenvalue weighted by Crippen LogP contribution is -2.20. The highest BCUT2D eigenvalue weighted by molar-refractivity contribution is 7.80. The fourth-order valence-electron chi connectivity index (χ4n) is 1.51. The maximum Gasteiger partial charge on any atom is 0.421 e. The summed E-state index contributed by atoms with van der Waals surface area (Å²) in [6.45, 7) is 0. The van der Waals surface area contributed by atoms with Gasteiger partial charge in [0.1, 0.15) is 11.7 Å². The minimum absolute atomic E-state index is 0.123. The van der Waals surface area contributed by atoms with Crippen molar-refractivity contribution in [2.45, 2.75) is 24.8 Å². The van der Waals surface area contributed by atoms with Crippen molar-refractivity contribution in [1.29, 1.82) is 0 Å². The van der Waals surface area contributed by atoms with Gasteiger partial charge in [-0.2, -0.15) is 25.8 Å². The Labute approximate surface area is 113 Å². The van der Waals surface area contributed by atoms with E-state index in [0.29, 0.717) is 5.75 Å². The molecule has 0 saturated carbocycles. The number of alkyl halides is 3. The van der Waals surface area contributed by atoms with Gasteiger partial charge in [-0.15, -0.1) is 0 Å². The quantitative estimate of drug-likeness (QED) is 0.726. The molecule has 2 N–H and O–H groups in total. The summed E-state index contributed by atoms with van der Waals surface area (Å²) in [4.78, 5) is 3.49. The lowest BCUT2D eigenvalue weighted by atomic mass is 10.0. The normalized spacial score (nSPS) is 15.1. The summed E-state index contributed by atoms with van der Waals surface area (Å²) in [6.07, 6.45) is -6.11. The summed E-state index contributed by atoms with van der Waals surface area (Å²) < 4.78 is 42.8. The molecule has 0 aromatic carbocycles.